The maximum absolute atomic E-state index is 5.49. The van der Waals surface area contributed by atoms with Crippen molar-refractivity contribution in [3.8, 4) is 17.2 Å². The Labute approximate surface area is 207 Å². The fourth-order valence-electron chi connectivity index (χ4n) is 4.61. The molecule has 0 atom stereocenters. The zero-order chi connectivity index (χ0) is 22.8. The average Bonchev–Trinajstić information content (AvgIpc) is 3.37. The van der Waals surface area contributed by atoms with E-state index in [2.05, 4.69) is 59.5 Å². The van der Waals surface area contributed by atoms with E-state index in [4.69, 9.17) is 19.2 Å². The van der Waals surface area contributed by atoms with Crippen molar-refractivity contribution in [3.05, 3.63) is 88.5 Å². The number of ether oxygens (including phenoxy) is 3. The number of aryl methyl sites for hydroxylation is 2. The molecule has 0 spiro atoms. The van der Waals surface area contributed by atoms with Crippen LogP contribution in [0.1, 0.15) is 27.8 Å². The first-order chi connectivity index (χ1) is 16.2. The minimum Gasteiger partial charge on any atom is -0.493 e. The number of methoxy groups -OCH3 is 3. The lowest BCUT2D eigenvalue weighted by Gasteiger charge is -2.29. The second-order valence-electron chi connectivity index (χ2n) is 8.20. The summed E-state index contributed by atoms with van der Waals surface area (Å²) in [7, 11) is 4.92. The van der Waals surface area contributed by atoms with Crippen LogP contribution in [0.15, 0.2) is 65.7 Å². The second-order valence-corrected chi connectivity index (χ2v) is 8.20. The van der Waals surface area contributed by atoms with E-state index in [9.17, 15) is 0 Å². The Balaban J connectivity index is 0.00000274. The van der Waals surface area contributed by atoms with Gasteiger partial charge in [-0.2, -0.15) is 0 Å². The van der Waals surface area contributed by atoms with E-state index in [1.54, 1.807) is 21.3 Å². The topological polar surface area (TPSA) is 43.3 Å². The van der Waals surface area contributed by atoms with E-state index in [1.165, 1.54) is 28.0 Å². The molecule has 3 aromatic rings. The fraction of sp³-hybridized carbons (Fsp3) is 0.250. The van der Waals surface area contributed by atoms with E-state index in [0.29, 0.717) is 17.2 Å². The van der Waals surface area contributed by atoms with Crippen molar-refractivity contribution in [2.24, 2.45) is 4.99 Å². The number of halogens is 1. The summed E-state index contributed by atoms with van der Waals surface area (Å²) in [6.07, 6.45) is 4.09. The SMILES string of the molecule is COc1cc(CCc2ccc(C3=Cc4ccccc4C4=NCCN34)cc2)cc(OC)c1OC.Cl. The number of benzene rings is 3. The van der Waals surface area contributed by atoms with Crippen molar-refractivity contribution >= 4 is 30.0 Å². The third-order valence-corrected chi connectivity index (χ3v) is 6.30. The van der Waals surface area contributed by atoms with Crippen molar-refractivity contribution in [2.45, 2.75) is 12.8 Å². The molecule has 2 heterocycles. The largest absolute Gasteiger partial charge is 0.493 e. The summed E-state index contributed by atoms with van der Waals surface area (Å²) in [6, 6.07) is 21.4. The maximum atomic E-state index is 5.49. The summed E-state index contributed by atoms with van der Waals surface area (Å²) in [5.41, 5.74) is 7.34. The first-order valence-corrected chi connectivity index (χ1v) is 11.2. The van der Waals surface area contributed by atoms with Crippen molar-refractivity contribution in [1.82, 2.24) is 4.90 Å². The van der Waals surface area contributed by atoms with Gasteiger partial charge >= 0.3 is 0 Å². The lowest BCUT2D eigenvalue weighted by Crippen LogP contribution is -2.30. The molecule has 0 saturated heterocycles. The highest BCUT2D eigenvalue weighted by molar-refractivity contribution is 6.12. The van der Waals surface area contributed by atoms with Crippen LogP contribution in [0.3, 0.4) is 0 Å². The molecule has 0 amide bonds. The van der Waals surface area contributed by atoms with Crippen molar-refractivity contribution in [1.29, 1.82) is 0 Å². The number of hydrogen-bond donors (Lipinski definition) is 0. The summed E-state index contributed by atoms with van der Waals surface area (Å²) in [6.45, 7) is 1.77. The van der Waals surface area contributed by atoms with Crippen LogP contribution in [-0.4, -0.2) is 45.2 Å². The Morgan fingerprint density at radius 3 is 2.18 bits per heavy atom. The molecule has 0 aromatic heterocycles. The van der Waals surface area contributed by atoms with Crippen LogP contribution in [0, 0.1) is 0 Å². The monoisotopic (exact) mass is 476 g/mol. The molecular weight excluding hydrogens is 448 g/mol. The number of nitrogens with zero attached hydrogens (tertiary/aromatic N) is 2. The number of rotatable bonds is 7. The Bertz CT molecular complexity index is 1210. The number of fused-ring (bicyclic) bond motifs is 3. The lowest BCUT2D eigenvalue weighted by molar-refractivity contribution is 0.324. The molecule has 0 aliphatic carbocycles. The van der Waals surface area contributed by atoms with Gasteiger partial charge in [-0.25, -0.2) is 0 Å². The fourth-order valence-corrected chi connectivity index (χ4v) is 4.61. The van der Waals surface area contributed by atoms with E-state index in [1.807, 2.05) is 12.1 Å². The molecule has 5 rings (SSSR count). The molecule has 0 bridgehead atoms. The molecule has 0 saturated carbocycles. The maximum Gasteiger partial charge on any atom is 0.203 e. The Morgan fingerprint density at radius 1 is 0.824 bits per heavy atom. The number of hydrogen-bond acceptors (Lipinski definition) is 5. The van der Waals surface area contributed by atoms with Gasteiger partial charge in [0.25, 0.3) is 0 Å². The predicted octanol–water partition coefficient (Wildman–Crippen LogP) is 5.49. The van der Waals surface area contributed by atoms with E-state index in [-0.39, 0.29) is 12.4 Å². The van der Waals surface area contributed by atoms with Crippen molar-refractivity contribution < 1.29 is 14.2 Å². The number of aliphatic imine (C=N–C) groups is 1. The van der Waals surface area contributed by atoms with Crippen molar-refractivity contribution in [2.75, 3.05) is 34.4 Å². The average molecular weight is 477 g/mol. The van der Waals surface area contributed by atoms with Gasteiger partial charge < -0.3 is 19.1 Å². The molecule has 5 nitrogen and oxygen atoms in total. The minimum absolute atomic E-state index is 0. The lowest BCUT2D eigenvalue weighted by atomic mass is 9.96. The summed E-state index contributed by atoms with van der Waals surface area (Å²) < 4.78 is 16.4. The van der Waals surface area contributed by atoms with E-state index >= 15 is 0 Å². The molecule has 0 N–H and O–H groups in total. The molecule has 3 aromatic carbocycles. The first kappa shape index (κ1) is 23.7. The molecular formula is C28H29ClN2O3. The van der Waals surface area contributed by atoms with Crippen molar-refractivity contribution in [3.63, 3.8) is 0 Å². The van der Waals surface area contributed by atoms with Gasteiger partial charge in [-0.3, -0.25) is 4.99 Å². The van der Waals surface area contributed by atoms with Crippen LogP contribution in [-0.2, 0) is 12.8 Å². The summed E-state index contributed by atoms with van der Waals surface area (Å²) in [4.78, 5) is 7.11. The standard InChI is InChI=1S/C28H28N2O3.ClH/c1-31-25-16-20(17-26(32-2)27(25)33-3)9-8-19-10-12-21(13-11-19)24-18-22-6-4-5-7-23(22)28-29-14-15-30(24)28;/h4-7,10-13,16-18H,8-9,14-15H2,1-3H3;1H. The Kier molecular flexibility index (Phi) is 7.13. The number of amidine groups is 1. The van der Waals surface area contributed by atoms with Crippen LogP contribution >= 0.6 is 12.4 Å². The van der Waals surface area contributed by atoms with Crippen LogP contribution in [0.5, 0.6) is 17.2 Å². The highest BCUT2D eigenvalue weighted by atomic mass is 35.5. The van der Waals surface area contributed by atoms with Gasteiger partial charge in [0.2, 0.25) is 5.75 Å². The van der Waals surface area contributed by atoms with E-state index < -0.39 is 0 Å². The predicted molar refractivity (Wildman–Crippen MR) is 140 cm³/mol. The van der Waals surface area contributed by atoms with Gasteiger partial charge in [0.1, 0.15) is 5.84 Å². The highest BCUT2D eigenvalue weighted by Gasteiger charge is 2.28. The normalized spacial score (nSPS) is 13.8. The van der Waals surface area contributed by atoms with Crippen LogP contribution in [0.2, 0.25) is 0 Å². The van der Waals surface area contributed by atoms with Gasteiger partial charge in [0.15, 0.2) is 11.5 Å². The smallest absolute Gasteiger partial charge is 0.203 e. The molecule has 2 aliphatic rings. The molecule has 176 valence electrons. The highest BCUT2D eigenvalue weighted by Crippen LogP contribution is 2.38. The zero-order valence-corrected chi connectivity index (χ0v) is 20.5. The summed E-state index contributed by atoms with van der Waals surface area (Å²) >= 11 is 0. The molecule has 0 unspecified atom stereocenters. The molecule has 6 heteroatoms. The van der Waals surface area contributed by atoms with Crippen LogP contribution in [0.4, 0.5) is 0 Å². The Hall–Kier alpha value is -3.44. The molecule has 0 radical (unpaired) electrons. The zero-order valence-electron chi connectivity index (χ0n) is 19.7. The van der Waals surface area contributed by atoms with Gasteiger partial charge in [0.05, 0.1) is 33.6 Å². The van der Waals surface area contributed by atoms with Gasteiger partial charge in [0, 0.05) is 12.1 Å². The Morgan fingerprint density at radius 2 is 1.50 bits per heavy atom. The van der Waals surface area contributed by atoms with Gasteiger partial charge in [-0.15, -0.1) is 12.4 Å². The molecule has 2 aliphatic heterocycles. The third kappa shape index (κ3) is 4.36. The van der Waals surface area contributed by atoms with Gasteiger partial charge in [-0.1, -0.05) is 48.5 Å². The summed E-state index contributed by atoms with van der Waals surface area (Å²) in [5, 5.41) is 0. The van der Waals surface area contributed by atoms with Crippen LogP contribution in [0.25, 0.3) is 11.8 Å². The molecule has 34 heavy (non-hydrogen) atoms. The summed E-state index contributed by atoms with van der Waals surface area (Å²) in [5.74, 6) is 3.10. The van der Waals surface area contributed by atoms with Crippen LogP contribution < -0.4 is 14.2 Å². The second kappa shape index (κ2) is 10.2. The quantitative estimate of drug-likeness (QED) is 0.452. The minimum atomic E-state index is 0. The van der Waals surface area contributed by atoms with E-state index in [0.717, 1.165) is 37.3 Å². The van der Waals surface area contributed by atoms with Gasteiger partial charge in [-0.05, 0) is 53.3 Å². The first-order valence-electron chi connectivity index (χ1n) is 11.2. The third-order valence-electron chi connectivity index (χ3n) is 6.30. The molecule has 0 fully saturated rings.